The molecular formula is C11H18O5. The van der Waals surface area contributed by atoms with Gasteiger partial charge >= 0.3 is 11.9 Å². The van der Waals surface area contributed by atoms with E-state index >= 15 is 0 Å². The zero-order valence-electron chi connectivity index (χ0n) is 9.95. The fourth-order valence-electron chi connectivity index (χ4n) is 1.60. The molecule has 1 fully saturated rings. The smallest absolute Gasteiger partial charge is 0.305 e. The number of carbonyl (C=O) groups excluding carboxylic acids is 2. The minimum Gasteiger partial charge on any atom is -0.469 e. The van der Waals surface area contributed by atoms with Crippen molar-refractivity contribution in [1.29, 1.82) is 0 Å². The van der Waals surface area contributed by atoms with Gasteiger partial charge in [-0.15, -0.1) is 0 Å². The van der Waals surface area contributed by atoms with Crippen molar-refractivity contribution in [2.24, 2.45) is 0 Å². The van der Waals surface area contributed by atoms with E-state index < -0.39 is 0 Å². The summed E-state index contributed by atoms with van der Waals surface area (Å²) in [4.78, 5) is 21.5. The Balaban J connectivity index is 2.14. The Morgan fingerprint density at radius 2 is 2.12 bits per heavy atom. The summed E-state index contributed by atoms with van der Waals surface area (Å²) in [5, 5.41) is 0. The fourth-order valence-corrected chi connectivity index (χ4v) is 1.60. The number of methoxy groups -OCH3 is 1. The molecule has 1 heterocycles. The molecule has 92 valence electrons. The van der Waals surface area contributed by atoms with E-state index in [1.54, 1.807) is 0 Å². The lowest BCUT2D eigenvalue weighted by molar-refractivity contribution is -0.142. The van der Waals surface area contributed by atoms with E-state index in [0.29, 0.717) is 13.0 Å². The van der Waals surface area contributed by atoms with Crippen LogP contribution in [0.4, 0.5) is 0 Å². The van der Waals surface area contributed by atoms with Gasteiger partial charge in [0.1, 0.15) is 12.7 Å². The van der Waals surface area contributed by atoms with Crippen molar-refractivity contribution in [3.8, 4) is 0 Å². The van der Waals surface area contributed by atoms with Gasteiger partial charge in [-0.2, -0.15) is 0 Å². The summed E-state index contributed by atoms with van der Waals surface area (Å²) in [6.07, 6.45) is 1.86. The highest BCUT2D eigenvalue weighted by molar-refractivity contribution is 5.69. The minimum atomic E-state index is -0.299. The molecule has 0 radical (unpaired) electrons. The second-order valence-electron chi connectivity index (χ2n) is 4.15. The highest BCUT2D eigenvalue weighted by Crippen LogP contribution is 2.40. The second kappa shape index (κ2) is 5.30. The zero-order chi connectivity index (χ0) is 12.2. The fraction of sp³-hybridized carbons (Fsp3) is 0.818. The van der Waals surface area contributed by atoms with Gasteiger partial charge in [0, 0.05) is 13.3 Å². The first-order valence-corrected chi connectivity index (χ1v) is 5.36. The number of hydrogen-bond acceptors (Lipinski definition) is 5. The Morgan fingerprint density at radius 3 is 2.69 bits per heavy atom. The molecular weight excluding hydrogens is 212 g/mol. The predicted octanol–water partition coefficient (Wildman–Crippen LogP) is 1.05. The number of hydrogen-bond donors (Lipinski definition) is 0. The van der Waals surface area contributed by atoms with Gasteiger partial charge in [-0.25, -0.2) is 0 Å². The SMILES string of the molecule is COC(=O)CCCC1(C)OC1COC(C)=O. The van der Waals surface area contributed by atoms with Gasteiger partial charge in [0.25, 0.3) is 0 Å². The number of esters is 2. The van der Waals surface area contributed by atoms with E-state index in [1.165, 1.54) is 14.0 Å². The summed E-state index contributed by atoms with van der Waals surface area (Å²) >= 11 is 0. The van der Waals surface area contributed by atoms with Gasteiger partial charge in [0.2, 0.25) is 0 Å². The maximum Gasteiger partial charge on any atom is 0.305 e. The molecule has 0 saturated carbocycles. The van der Waals surface area contributed by atoms with E-state index in [9.17, 15) is 9.59 Å². The maximum absolute atomic E-state index is 10.9. The van der Waals surface area contributed by atoms with Crippen molar-refractivity contribution in [3.63, 3.8) is 0 Å². The standard InChI is InChI=1S/C11H18O5/c1-8(12)15-7-9-11(2,16-9)6-4-5-10(13)14-3/h9H,4-7H2,1-3H3. The van der Waals surface area contributed by atoms with Crippen LogP contribution < -0.4 is 0 Å². The van der Waals surface area contributed by atoms with Crippen LogP contribution in [-0.4, -0.2) is 37.4 Å². The Hall–Kier alpha value is -1.10. The Morgan fingerprint density at radius 1 is 1.44 bits per heavy atom. The third kappa shape index (κ3) is 3.81. The molecule has 5 heteroatoms. The highest BCUT2D eigenvalue weighted by Gasteiger charge is 2.52. The quantitative estimate of drug-likeness (QED) is 0.504. The minimum absolute atomic E-state index is 0.0333. The molecule has 1 aliphatic heterocycles. The molecule has 1 rings (SSSR count). The largest absolute Gasteiger partial charge is 0.469 e. The van der Waals surface area contributed by atoms with Crippen LogP contribution in [0.3, 0.4) is 0 Å². The number of epoxide rings is 1. The molecule has 1 saturated heterocycles. The van der Waals surface area contributed by atoms with Gasteiger partial charge in [0.15, 0.2) is 0 Å². The van der Waals surface area contributed by atoms with E-state index in [-0.39, 0.29) is 23.6 Å². The van der Waals surface area contributed by atoms with E-state index in [1.807, 2.05) is 6.92 Å². The number of ether oxygens (including phenoxy) is 3. The Kier molecular flexibility index (Phi) is 4.29. The first kappa shape index (κ1) is 13.0. The van der Waals surface area contributed by atoms with Crippen molar-refractivity contribution in [1.82, 2.24) is 0 Å². The molecule has 0 aliphatic carbocycles. The third-order valence-electron chi connectivity index (χ3n) is 2.76. The maximum atomic E-state index is 10.9. The van der Waals surface area contributed by atoms with E-state index in [2.05, 4.69) is 4.74 Å². The molecule has 0 aromatic rings. The third-order valence-corrected chi connectivity index (χ3v) is 2.76. The first-order chi connectivity index (χ1) is 7.48. The second-order valence-corrected chi connectivity index (χ2v) is 4.15. The van der Waals surface area contributed by atoms with Crippen molar-refractivity contribution in [2.45, 2.75) is 44.8 Å². The average Bonchev–Trinajstić information content (AvgIpc) is 2.86. The Labute approximate surface area is 95.0 Å². The van der Waals surface area contributed by atoms with Crippen molar-refractivity contribution < 1.29 is 23.8 Å². The molecule has 0 N–H and O–H groups in total. The molecule has 2 atom stereocenters. The summed E-state index contributed by atoms with van der Waals surface area (Å²) in [6, 6.07) is 0. The van der Waals surface area contributed by atoms with Crippen LogP contribution >= 0.6 is 0 Å². The van der Waals surface area contributed by atoms with Crippen LogP contribution in [-0.2, 0) is 23.8 Å². The molecule has 0 amide bonds. The molecule has 0 spiro atoms. The van der Waals surface area contributed by atoms with Crippen molar-refractivity contribution in [3.05, 3.63) is 0 Å². The zero-order valence-corrected chi connectivity index (χ0v) is 9.95. The van der Waals surface area contributed by atoms with Gasteiger partial charge < -0.3 is 14.2 Å². The lowest BCUT2D eigenvalue weighted by Crippen LogP contribution is -2.16. The van der Waals surface area contributed by atoms with Gasteiger partial charge in [-0.3, -0.25) is 9.59 Å². The summed E-state index contributed by atoms with van der Waals surface area (Å²) in [5.41, 5.74) is -0.247. The molecule has 5 nitrogen and oxygen atoms in total. The monoisotopic (exact) mass is 230 g/mol. The first-order valence-electron chi connectivity index (χ1n) is 5.36. The summed E-state index contributed by atoms with van der Waals surface area (Å²) in [5.74, 6) is -0.506. The van der Waals surface area contributed by atoms with Crippen LogP contribution in [0.15, 0.2) is 0 Å². The lowest BCUT2D eigenvalue weighted by atomic mass is 10.0. The van der Waals surface area contributed by atoms with E-state index in [0.717, 1.165) is 12.8 Å². The number of rotatable bonds is 6. The molecule has 16 heavy (non-hydrogen) atoms. The Bertz CT molecular complexity index is 276. The summed E-state index contributed by atoms with van der Waals surface area (Å²) < 4.78 is 14.8. The van der Waals surface area contributed by atoms with E-state index in [4.69, 9.17) is 9.47 Å². The summed E-state index contributed by atoms with van der Waals surface area (Å²) in [7, 11) is 1.38. The number of carbonyl (C=O) groups is 2. The molecule has 0 aromatic heterocycles. The van der Waals surface area contributed by atoms with Crippen LogP contribution in [0, 0.1) is 0 Å². The molecule has 0 aromatic carbocycles. The van der Waals surface area contributed by atoms with Crippen LogP contribution in [0.5, 0.6) is 0 Å². The predicted molar refractivity (Wildman–Crippen MR) is 55.8 cm³/mol. The van der Waals surface area contributed by atoms with Crippen molar-refractivity contribution in [2.75, 3.05) is 13.7 Å². The van der Waals surface area contributed by atoms with Gasteiger partial charge in [0.05, 0.1) is 12.7 Å². The molecule has 2 unspecified atom stereocenters. The van der Waals surface area contributed by atoms with Crippen molar-refractivity contribution >= 4 is 11.9 Å². The normalized spacial score (nSPS) is 27.3. The van der Waals surface area contributed by atoms with Gasteiger partial charge in [-0.05, 0) is 19.8 Å². The topological polar surface area (TPSA) is 65.1 Å². The van der Waals surface area contributed by atoms with Crippen LogP contribution in [0.2, 0.25) is 0 Å². The van der Waals surface area contributed by atoms with Gasteiger partial charge in [-0.1, -0.05) is 0 Å². The molecule has 1 aliphatic rings. The average molecular weight is 230 g/mol. The summed E-state index contributed by atoms with van der Waals surface area (Å²) in [6.45, 7) is 3.62. The van der Waals surface area contributed by atoms with Crippen LogP contribution in [0.25, 0.3) is 0 Å². The van der Waals surface area contributed by atoms with Crippen LogP contribution in [0.1, 0.15) is 33.1 Å². The highest BCUT2D eigenvalue weighted by atomic mass is 16.6. The molecule has 0 bridgehead atoms. The lowest BCUT2D eigenvalue weighted by Gasteiger charge is -2.05.